The third kappa shape index (κ3) is 2.56. The number of aromatic amines is 1. The molecule has 2 aromatic rings. The normalized spacial score (nSPS) is 11.2. The molecule has 0 radical (unpaired) electrons. The first-order valence-corrected chi connectivity index (χ1v) is 5.92. The van der Waals surface area contributed by atoms with Crippen LogP contribution in [0.2, 0.25) is 0 Å². The van der Waals surface area contributed by atoms with E-state index in [-0.39, 0.29) is 0 Å². The van der Waals surface area contributed by atoms with E-state index in [1.165, 1.54) is 0 Å². The number of aryl methyl sites for hydroxylation is 1. The van der Waals surface area contributed by atoms with E-state index >= 15 is 0 Å². The number of carbonyl (C=O) groups excluding carboxylic acids is 1. The zero-order chi connectivity index (χ0) is 12.3. The fourth-order valence-electron chi connectivity index (χ4n) is 2.12. The molecule has 3 nitrogen and oxygen atoms in total. The molecule has 0 aliphatic rings. The first-order valence-electron chi connectivity index (χ1n) is 5.92. The molecule has 17 heavy (non-hydrogen) atoms. The number of rotatable bonds is 5. The van der Waals surface area contributed by atoms with Gasteiger partial charge < -0.3 is 9.88 Å². The van der Waals surface area contributed by atoms with Crippen molar-refractivity contribution in [3.8, 4) is 0 Å². The molecule has 0 atom stereocenters. The van der Waals surface area contributed by atoms with Crippen LogP contribution in [-0.4, -0.2) is 36.8 Å². The van der Waals surface area contributed by atoms with Crippen molar-refractivity contribution >= 4 is 17.2 Å². The van der Waals surface area contributed by atoms with Crippen LogP contribution in [0.3, 0.4) is 0 Å². The van der Waals surface area contributed by atoms with Crippen LogP contribution in [-0.2, 0) is 6.42 Å². The van der Waals surface area contributed by atoms with Crippen molar-refractivity contribution in [1.29, 1.82) is 0 Å². The van der Waals surface area contributed by atoms with Crippen LogP contribution < -0.4 is 0 Å². The van der Waals surface area contributed by atoms with Crippen LogP contribution in [0, 0.1) is 0 Å². The van der Waals surface area contributed by atoms with E-state index in [9.17, 15) is 4.79 Å². The predicted octanol–water partition coefficient (Wildman–Crippen LogP) is 2.47. The Morgan fingerprint density at radius 2 is 2.06 bits per heavy atom. The fourth-order valence-corrected chi connectivity index (χ4v) is 2.12. The largest absolute Gasteiger partial charge is 0.358 e. The van der Waals surface area contributed by atoms with Crippen LogP contribution in [0.15, 0.2) is 24.3 Å². The molecule has 0 saturated heterocycles. The molecule has 1 aromatic carbocycles. The highest BCUT2D eigenvalue weighted by Crippen LogP contribution is 2.21. The second kappa shape index (κ2) is 5.15. The maximum absolute atomic E-state index is 11.2. The summed E-state index contributed by atoms with van der Waals surface area (Å²) < 4.78 is 0. The van der Waals surface area contributed by atoms with Crippen LogP contribution in [0.25, 0.3) is 10.9 Å². The highest BCUT2D eigenvalue weighted by atomic mass is 16.1. The van der Waals surface area contributed by atoms with Gasteiger partial charge in [0, 0.05) is 22.2 Å². The average molecular weight is 230 g/mol. The molecule has 2 rings (SSSR count). The lowest BCUT2D eigenvalue weighted by atomic mass is 10.1. The SMILES string of the molecule is CN(C)CCCc1[nH]c2ccccc2c1C=O. The molecule has 0 aliphatic heterocycles. The van der Waals surface area contributed by atoms with E-state index in [4.69, 9.17) is 0 Å². The van der Waals surface area contributed by atoms with Crippen LogP contribution in [0.5, 0.6) is 0 Å². The minimum absolute atomic E-state index is 0.819. The summed E-state index contributed by atoms with van der Waals surface area (Å²) in [5, 5.41) is 1.03. The minimum atomic E-state index is 0.819. The smallest absolute Gasteiger partial charge is 0.152 e. The van der Waals surface area contributed by atoms with Gasteiger partial charge in [0.05, 0.1) is 0 Å². The van der Waals surface area contributed by atoms with Crippen molar-refractivity contribution in [2.24, 2.45) is 0 Å². The number of H-pyrrole nitrogens is 1. The summed E-state index contributed by atoms with van der Waals surface area (Å²) in [6.07, 6.45) is 2.94. The molecule has 0 amide bonds. The van der Waals surface area contributed by atoms with E-state index in [0.29, 0.717) is 0 Å². The first-order chi connectivity index (χ1) is 8.22. The first kappa shape index (κ1) is 11.9. The molecular weight excluding hydrogens is 212 g/mol. The summed E-state index contributed by atoms with van der Waals surface area (Å²) >= 11 is 0. The predicted molar refractivity (Wildman–Crippen MR) is 70.6 cm³/mol. The molecule has 1 heterocycles. The summed E-state index contributed by atoms with van der Waals surface area (Å²) in [7, 11) is 4.12. The van der Waals surface area contributed by atoms with Crippen molar-refractivity contribution in [3.63, 3.8) is 0 Å². The molecule has 0 unspecified atom stereocenters. The molecule has 1 N–H and O–H groups in total. The van der Waals surface area contributed by atoms with Crippen molar-refractivity contribution in [3.05, 3.63) is 35.5 Å². The van der Waals surface area contributed by atoms with Gasteiger partial charge in [0.25, 0.3) is 0 Å². The van der Waals surface area contributed by atoms with E-state index in [1.54, 1.807) is 0 Å². The monoisotopic (exact) mass is 230 g/mol. The molecule has 3 heteroatoms. The minimum Gasteiger partial charge on any atom is -0.358 e. The average Bonchev–Trinajstić information content (AvgIpc) is 2.66. The van der Waals surface area contributed by atoms with E-state index in [0.717, 1.165) is 47.8 Å². The topological polar surface area (TPSA) is 36.1 Å². The van der Waals surface area contributed by atoms with Crippen molar-refractivity contribution in [1.82, 2.24) is 9.88 Å². The number of aldehydes is 1. The summed E-state index contributed by atoms with van der Waals surface area (Å²) in [6.45, 7) is 1.04. The molecule has 0 spiro atoms. The molecule has 0 aliphatic carbocycles. The number of carbonyl (C=O) groups is 1. The maximum Gasteiger partial charge on any atom is 0.152 e. The van der Waals surface area contributed by atoms with E-state index in [1.807, 2.05) is 24.3 Å². The van der Waals surface area contributed by atoms with Gasteiger partial charge in [-0.25, -0.2) is 0 Å². The summed E-state index contributed by atoms with van der Waals surface area (Å²) in [5.74, 6) is 0. The Balaban J connectivity index is 2.24. The van der Waals surface area contributed by atoms with Gasteiger partial charge in [0.15, 0.2) is 6.29 Å². The number of nitrogens with one attached hydrogen (secondary N) is 1. The van der Waals surface area contributed by atoms with Gasteiger partial charge >= 0.3 is 0 Å². The lowest BCUT2D eigenvalue weighted by Crippen LogP contribution is -2.13. The Bertz CT molecular complexity index is 514. The third-order valence-electron chi connectivity index (χ3n) is 2.98. The lowest BCUT2D eigenvalue weighted by Gasteiger charge is -2.08. The van der Waals surface area contributed by atoms with Gasteiger partial charge in [-0.15, -0.1) is 0 Å². The lowest BCUT2D eigenvalue weighted by molar-refractivity contribution is 0.112. The van der Waals surface area contributed by atoms with Crippen molar-refractivity contribution in [2.75, 3.05) is 20.6 Å². The molecule has 90 valence electrons. The summed E-state index contributed by atoms with van der Waals surface area (Å²) in [6, 6.07) is 7.95. The standard InChI is InChI=1S/C14H18N2O/c1-16(2)9-5-8-14-12(10-17)11-6-3-4-7-13(11)15-14/h3-4,6-7,10,15H,5,8-9H2,1-2H3. The Labute approximate surface area is 101 Å². The number of nitrogens with zero attached hydrogens (tertiary/aromatic N) is 1. The number of fused-ring (bicyclic) bond motifs is 1. The van der Waals surface area contributed by atoms with E-state index < -0.39 is 0 Å². The number of hydrogen-bond donors (Lipinski definition) is 1. The van der Waals surface area contributed by atoms with E-state index in [2.05, 4.69) is 24.0 Å². The Hall–Kier alpha value is -1.61. The Morgan fingerprint density at radius 3 is 2.76 bits per heavy atom. The fraction of sp³-hybridized carbons (Fsp3) is 0.357. The van der Waals surface area contributed by atoms with Crippen LogP contribution in [0.1, 0.15) is 22.5 Å². The summed E-state index contributed by atoms with van der Waals surface area (Å²) in [4.78, 5) is 16.7. The van der Waals surface area contributed by atoms with Crippen molar-refractivity contribution < 1.29 is 4.79 Å². The number of para-hydroxylation sites is 1. The van der Waals surface area contributed by atoms with Gasteiger partial charge in [-0.2, -0.15) is 0 Å². The number of benzene rings is 1. The molecule has 0 fully saturated rings. The van der Waals surface area contributed by atoms with Crippen molar-refractivity contribution in [2.45, 2.75) is 12.8 Å². The Kier molecular flexibility index (Phi) is 3.59. The second-order valence-corrected chi connectivity index (χ2v) is 4.59. The molecule has 1 aromatic heterocycles. The molecular formula is C14H18N2O. The Morgan fingerprint density at radius 1 is 1.29 bits per heavy atom. The molecule has 0 saturated carbocycles. The second-order valence-electron chi connectivity index (χ2n) is 4.59. The maximum atomic E-state index is 11.2. The third-order valence-corrected chi connectivity index (χ3v) is 2.98. The van der Waals surface area contributed by atoms with Crippen LogP contribution >= 0.6 is 0 Å². The zero-order valence-corrected chi connectivity index (χ0v) is 10.4. The zero-order valence-electron chi connectivity index (χ0n) is 10.4. The van der Waals surface area contributed by atoms with Gasteiger partial charge in [-0.3, -0.25) is 4.79 Å². The summed E-state index contributed by atoms with van der Waals surface area (Å²) in [5.41, 5.74) is 2.93. The quantitative estimate of drug-likeness (QED) is 0.801. The number of aromatic nitrogens is 1. The van der Waals surface area contributed by atoms with Gasteiger partial charge in [-0.1, -0.05) is 18.2 Å². The van der Waals surface area contributed by atoms with Gasteiger partial charge in [0.2, 0.25) is 0 Å². The van der Waals surface area contributed by atoms with Gasteiger partial charge in [0.1, 0.15) is 0 Å². The molecule has 0 bridgehead atoms. The van der Waals surface area contributed by atoms with Gasteiger partial charge in [-0.05, 0) is 39.5 Å². The van der Waals surface area contributed by atoms with Crippen LogP contribution in [0.4, 0.5) is 0 Å². The highest BCUT2D eigenvalue weighted by Gasteiger charge is 2.09. The highest BCUT2D eigenvalue weighted by molar-refractivity contribution is 5.98. The number of hydrogen-bond acceptors (Lipinski definition) is 2.